The van der Waals surface area contributed by atoms with E-state index in [4.69, 9.17) is 5.73 Å². The molecule has 3 atom stereocenters. The van der Waals surface area contributed by atoms with Gasteiger partial charge in [-0.15, -0.1) is 0 Å². The molecule has 3 heteroatoms. The second-order valence-corrected chi connectivity index (χ2v) is 6.93. The molecule has 1 fully saturated rings. The summed E-state index contributed by atoms with van der Waals surface area (Å²) in [6.07, 6.45) is 4.00. The van der Waals surface area contributed by atoms with Crippen molar-refractivity contribution in [2.24, 2.45) is 17.6 Å². The first-order chi connectivity index (χ1) is 8.38. The van der Waals surface area contributed by atoms with Crippen molar-refractivity contribution in [1.29, 1.82) is 0 Å². The van der Waals surface area contributed by atoms with Crippen LogP contribution in [0.2, 0.25) is 0 Å². The topological polar surface area (TPSA) is 26.0 Å². The van der Waals surface area contributed by atoms with Crippen LogP contribution in [-0.4, -0.2) is 5.54 Å². The van der Waals surface area contributed by atoms with Crippen LogP contribution in [0, 0.1) is 17.7 Å². The Labute approximate surface area is 117 Å². The number of rotatable bonds is 2. The van der Waals surface area contributed by atoms with Crippen LogP contribution in [0.15, 0.2) is 22.7 Å². The van der Waals surface area contributed by atoms with E-state index in [1.807, 2.05) is 6.07 Å². The van der Waals surface area contributed by atoms with Gasteiger partial charge in [-0.25, -0.2) is 4.39 Å². The molecule has 1 saturated carbocycles. The Morgan fingerprint density at radius 3 is 2.67 bits per heavy atom. The lowest BCUT2D eigenvalue weighted by Crippen LogP contribution is -2.47. The lowest BCUT2D eigenvalue weighted by Gasteiger charge is -2.40. The Morgan fingerprint density at radius 2 is 2.06 bits per heavy atom. The lowest BCUT2D eigenvalue weighted by molar-refractivity contribution is 0.175. The summed E-state index contributed by atoms with van der Waals surface area (Å²) in [4.78, 5) is 0. The third kappa shape index (κ3) is 3.33. The number of benzene rings is 1. The molecule has 0 amide bonds. The van der Waals surface area contributed by atoms with E-state index in [0.717, 1.165) is 35.2 Å². The van der Waals surface area contributed by atoms with E-state index >= 15 is 0 Å². The Kier molecular flexibility index (Phi) is 4.12. The number of nitrogens with two attached hydrogens (primary N) is 1. The van der Waals surface area contributed by atoms with E-state index in [0.29, 0.717) is 5.92 Å². The Bertz CT molecular complexity index is 414. The summed E-state index contributed by atoms with van der Waals surface area (Å²) in [5.74, 6) is 1.21. The molecule has 0 aliphatic heterocycles. The van der Waals surface area contributed by atoms with Crippen LogP contribution in [0.3, 0.4) is 0 Å². The molecule has 0 radical (unpaired) electrons. The van der Waals surface area contributed by atoms with Gasteiger partial charge >= 0.3 is 0 Å². The maximum atomic E-state index is 13.4. The zero-order valence-corrected chi connectivity index (χ0v) is 12.6. The molecule has 1 nitrogen and oxygen atoms in total. The zero-order chi connectivity index (χ0) is 13.3. The van der Waals surface area contributed by atoms with Crippen LogP contribution >= 0.6 is 15.9 Å². The highest BCUT2D eigenvalue weighted by atomic mass is 79.9. The molecule has 2 N–H and O–H groups in total. The van der Waals surface area contributed by atoms with Crippen molar-refractivity contribution in [2.75, 3.05) is 0 Å². The van der Waals surface area contributed by atoms with Gasteiger partial charge in [0.15, 0.2) is 0 Å². The van der Waals surface area contributed by atoms with Crippen molar-refractivity contribution in [1.82, 2.24) is 0 Å². The van der Waals surface area contributed by atoms with Crippen molar-refractivity contribution >= 4 is 15.9 Å². The molecule has 100 valence electrons. The fourth-order valence-corrected chi connectivity index (χ4v) is 3.54. The Hall–Kier alpha value is -0.410. The standard InChI is InChI=1S/C15H21BrFN/c1-10-3-4-15(18,8-11(10)2)9-12-5-13(16)7-14(17)6-12/h5-7,10-11H,3-4,8-9,18H2,1-2H3. The van der Waals surface area contributed by atoms with E-state index in [1.165, 1.54) is 12.5 Å². The van der Waals surface area contributed by atoms with E-state index in [9.17, 15) is 4.39 Å². The molecule has 1 aliphatic carbocycles. The third-order valence-electron chi connectivity index (χ3n) is 4.28. The van der Waals surface area contributed by atoms with Crippen LogP contribution in [0.5, 0.6) is 0 Å². The fourth-order valence-electron chi connectivity index (χ4n) is 3.02. The maximum Gasteiger partial charge on any atom is 0.124 e. The summed E-state index contributed by atoms with van der Waals surface area (Å²) in [6.45, 7) is 4.57. The summed E-state index contributed by atoms with van der Waals surface area (Å²) in [5.41, 5.74) is 7.33. The quantitative estimate of drug-likeness (QED) is 0.866. The first kappa shape index (κ1) is 14.0. The second kappa shape index (κ2) is 5.30. The first-order valence-electron chi connectivity index (χ1n) is 6.62. The van der Waals surface area contributed by atoms with Gasteiger partial charge in [-0.1, -0.05) is 29.8 Å². The number of hydrogen-bond donors (Lipinski definition) is 1. The first-order valence-corrected chi connectivity index (χ1v) is 7.41. The second-order valence-electron chi connectivity index (χ2n) is 6.01. The molecule has 2 rings (SSSR count). The highest BCUT2D eigenvalue weighted by Gasteiger charge is 2.34. The Morgan fingerprint density at radius 1 is 1.33 bits per heavy atom. The van der Waals surface area contributed by atoms with Gasteiger partial charge < -0.3 is 5.73 Å². The van der Waals surface area contributed by atoms with Crippen molar-refractivity contribution in [3.05, 3.63) is 34.1 Å². The third-order valence-corrected chi connectivity index (χ3v) is 4.73. The summed E-state index contributed by atoms with van der Waals surface area (Å²) in [6, 6.07) is 5.06. The summed E-state index contributed by atoms with van der Waals surface area (Å²) < 4.78 is 14.2. The van der Waals surface area contributed by atoms with E-state index in [2.05, 4.69) is 29.8 Å². The van der Waals surface area contributed by atoms with Crippen LogP contribution in [0.1, 0.15) is 38.7 Å². The molecule has 18 heavy (non-hydrogen) atoms. The van der Waals surface area contributed by atoms with Crippen LogP contribution in [-0.2, 0) is 6.42 Å². The monoisotopic (exact) mass is 313 g/mol. The lowest BCUT2D eigenvalue weighted by atomic mass is 9.69. The SMILES string of the molecule is CC1CCC(N)(Cc2cc(F)cc(Br)c2)CC1C. The van der Waals surface area contributed by atoms with Crippen molar-refractivity contribution in [3.8, 4) is 0 Å². The molecule has 1 aliphatic rings. The van der Waals surface area contributed by atoms with Crippen molar-refractivity contribution in [2.45, 2.75) is 45.1 Å². The van der Waals surface area contributed by atoms with Crippen molar-refractivity contribution < 1.29 is 4.39 Å². The van der Waals surface area contributed by atoms with Gasteiger partial charge in [0.25, 0.3) is 0 Å². The highest BCUT2D eigenvalue weighted by molar-refractivity contribution is 9.10. The number of hydrogen-bond acceptors (Lipinski definition) is 1. The Balaban J connectivity index is 2.12. The predicted molar refractivity (Wildman–Crippen MR) is 76.9 cm³/mol. The highest BCUT2D eigenvalue weighted by Crippen LogP contribution is 2.36. The molecular formula is C15H21BrFN. The minimum absolute atomic E-state index is 0.167. The fraction of sp³-hybridized carbons (Fsp3) is 0.600. The van der Waals surface area contributed by atoms with Crippen LogP contribution in [0.25, 0.3) is 0 Å². The van der Waals surface area contributed by atoms with Gasteiger partial charge in [0.05, 0.1) is 0 Å². The molecule has 3 unspecified atom stereocenters. The molecule has 0 heterocycles. The van der Waals surface area contributed by atoms with Crippen LogP contribution in [0.4, 0.5) is 4.39 Å². The zero-order valence-electron chi connectivity index (χ0n) is 11.0. The minimum atomic E-state index is -0.194. The van der Waals surface area contributed by atoms with Gasteiger partial charge in [-0.3, -0.25) is 0 Å². The molecule has 0 bridgehead atoms. The van der Waals surface area contributed by atoms with Crippen LogP contribution < -0.4 is 5.73 Å². The van der Waals surface area contributed by atoms with Gasteiger partial charge in [0.2, 0.25) is 0 Å². The minimum Gasteiger partial charge on any atom is -0.325 e. The van der Waals surface area contributed by atoms with E-state index < -0.39 is 0 Å². The molecule has 0 spiro atoms. The molecule has 1 aromatic carbocycles. The van der Waals surface area contributed by atoms with E-state index in [-0.39, 0.29) is 11.4 Å². The summed E-state index contributed by atoms with van der Waals surface area (Å²) >= 11 is 3.34. The van der Waals surface area contributed by atoms with Gasteiger partial charge in [-0.05, 0) is 61.3 Å². The molecular weight excluding hydrogens is 293 g/mol. The molecule has 1 aromatic rings. The number of halogens is 2. The summed E-state index contributed by atoms with van der Waals surface area (Å²) in [5, 5.41) is 0. The predicted octanol–water partition coefficient (Wildman–Crippen LogP) is 4.28. The molecule has 0 aromatic heterocycles. The average molecular weight is 314 g/mol. The van der Waals surface area contributed by atoms with Gasteiger partial charge in [0.1, 0.15) is 5.82 Å². The normalized spacial score (nSPS) is 32.5. The average Bonchev–Trinajstić information content (AvgIpc) is 2.22. The van der Waals surface area contributed by atoms with Gasteiger partial charge in [-0.2, -0.15) is 0 Å². The smallest absolute Gasteiger partial charge is 0.124 e. The molecule has 0 saturated heterocycles. The maximum absolute atomic E-state index is 13.4. The summed E-state index contributed by atoms with van der Waals surface area (Å²) in [7, 11) is 0. The largest absolute Gasteiger partial charge is 0.325 e. The van der Waals surface area contributed by atoms with Crippen molar-refractivity contribution in [3.63, 3.8) is 0 Å². The van der Waals surface area contributed by atoms with E-state index in [1.54, 1.807) is 6.07 Å². The van der Waals surface area contributed by atoms with Gasteiger partial charge in [0, 0.05) is 10.0 Å².